The molecule has 30 heavy (non-hydrogen) atoms. The summed E-state index contributed by atoms with van der Waals surface area (Å²) in [5.41, 5.74) is 7.05. The molecule has 2 rings (SSSR count). The third kappa shape index (κ3) is 6.80. The fraction of sp³-hybridized carbons (Fsp3) is 0.318. The first-order chi connectivity index (χ1) is 14.3. The summed E-state index contributed by atoms with van der Waals surface area (Å²) in [6, 6.07) is 12.1. The van der Waals surface area contributed by atoms with Gasteiger partial charge in [-0.2, -0.15) is 0 Å². The second kappa shape index (κ2) is 10.8. The van der Waals surface area contributed by atoms with E-state index in [9.17, 15) is 14.4 Å². The van der Waals surface area contributed by atoms with E-state index in [4.69, 9.17) is 9.47 Å². The minimum atomic E-state index is -0.839. The summed E-state index contributed by atoms with van der Waals surface area (Å²) in [7, 11) is 0. The van der Waals surface area contributed by atoms with Crippen molar-refractivity contribution >= 4 is 17.7 Å². The van der Waals surface area contributed by atoms with Gasteiger partial charge >= 0.3 is 0 Å². The summed E-state index contributed by atoms with van der Waals surface area (Å²) in [6.45, 7) is 7.59. The van der Waals surface area contributed by atoms with Crippen LogP contribution in [0.4, 0.5) is 0 Å². The molecule has 0 bridgehead atoms. The lowest BCUT2D eigenvalue weighted by Crippen LogP contribution is -2.50. The molecule has 2 aromatic rings. The average Bonchev–Trinajstić information content (AvgIpc) is 2.73. The molecule has 0 saturated carbocycles. The zero-order chi connectivity index (χ0) is 22.1. The first-order valence-corrected chi connectivity index (χ1v) is 9.63. The highest BCUT2D eigenvalue weighted by molar-refractivity contribution is 5.96. The maximum absolute atomic E-state index is 12.1. The van der Waals surface area contributed by atoms with Gasteiger partial charge in [0.05, 0.1) is 13.2 Å². The standard InChI is InChI=1S/C22H27N3O5/c1-5-29-18-8-10-19(11-9-18)30-16(4)21(27)25-24-20(26)13-23-22(28)17-7-6-14(2)15(3)12-17/h6-12,16H,5,13H2,1-4H3,(H,23,28)(H,24,26)(H,25,27). The fourth-order valence-corrected chi connectivity index (χ4v) is 2.46. The van der Waals surface area contributed by atoms with Crippen molar-refractivity contribution in [2.75, 3.05) is 13.2 Å². The first-order valence-electron chi connectivity index (χ1n) is 9.63. The highest BCUT2D eigenvalue weighted by atomic mass is 16.5. The van der Waals surface area contributed by atoms with Gasteiger partial charge in [-0.1, -0.05) is 6.07 Å². The van der Waals surface area contributed by atoms with Crippen molar-refractivity contribution in [3.63, 3.8) is 0 Å². The Labute approximate surface area is 175 Å². The third-order valence-corrected chi connectivity index (χ3v) is 4.32. The number of carbonyl (C=O) groups excluding carboxylic acids is 3. The highest BCUT2D eigenvalue weighted by Crippen LogP contribution is 2.18. The third-order valence-electron chi connectivity index (χ3n) is 4.32. The van der Waals surface area contributed by atoms with Gasteiger partial charge in [-0.05, 0) is 75.2 Å². The number of hydrazine groups is 1. The van der Waals surface area contributed by atoms with Crippen molar-refractivity contribution < 1.29 is 23.9 Å². The Hall–Kier alpha value is -3.55. The molecule has 0 saturated heterocycles. The summed E-state index contributed by atoms with van der Waals surface area (Å²) in [4.78, 5) is 36.1. The van der Waals surface area contributed by atoms with Crippen molar-refractivity contribution in [1.82, 2.24) is 16.2 Å². The second-order valence-electron chi connectivity index (χ2n) is 6.68. The maximum atomic E-state index is 12.1. The Balaban J connectivity index is 1.74. The van der Waals surface area contributed by atoms with Crippen molar-refractivity contribution in [1.29, 1.82) is 0 Å². The van der Waals surface area contributed by atoms with Gasteiger partial charge in [0.25, 0.3) is 17.7 Å². The molecule has 0 fully saturated rings. The molecule has 160 valence electrons. The van der Waals surface area contributed by atoms with E-state index in [1.807, 2.05) is 26.8 Å². The van der Waals surface area contributed by atoms with Crippen molar-refractivity contribution in [2.24, 2.45) is 0 Å². The number of benzene rings is 2. The van der Waals surface area contributed by atoms with Crippen LogP contribution in [0.15, 0.2) is 42.5 Å². The van der Waals surface area contributed by atoms with Gasteiger partial charge in [0.1, 0.15) is 11.5 Å². The van der Waals surface area contributed by atoms with Gasteiger partial charge < -0.3 is 14.8 Å². The van der Waals surface area contributed by atoms with Crippen LogP contribution in [0, 0.1) is 13.8 Å². The molecule has 3 N–H and O–H groups in total. The van der Waals surface area contributed by atoms with E-state index in [2.05, 4.69) is 16.2 Å². The van der Waals surface area contributed by atoms with Crippen LogP contribution in [-0.4, -0.2) is 37.0 Å². The summed E-state index contributed by atoms with van der Waals surface area (Å²) in [5.74, 6) is -0.261. The predicted molar refractivity (Wildman–Crippen MR) is 112 cm³/mol. The molecule has 3 amide bonds. The highest BCUT2D eigenvalue weighted by Gasteiger charge is 2.16. The van der Waals surface area contributed by atoms with Crippen LogP contribution in [0.3, 0.4) is 0 Å². The maximum Gasteiger partial charge on any atom is 0.279 e. The van der Waals surface area contributed by atoms with E-state index in [1.165, 1.54) is 0 Å². The minimum Gasteiger partial charge on any atom is -0.494 e. The molecule has 0 radical (unpaired) electrons. The molecule has 0 heterocycles. The van der Waals surface area contributed by atoms with Crippen molar-refractivity contribution in [2.45, 2.75) is 33.8 Å². The van der Waals surface area contributed by atoms with E-state index in [-0.39, 0.29) is 12.5 Å². The minimum absolute atomic E-state index is 0.278. The molecule has 1 unspecified atom stereocenters. The fourth-order valence-electron chi connectivity index (χ4n) is 2.46. The summed E-state index contributed by atoms with van der Waals surface area (Å²) >= 11 is 0. The average molecular weight is 413 g/mol. The monoisotopic (exact) mass is 413 g/mol. The molecule has 0 spiro atoms. The predicted octanol–water partition coefficient (Wildman–Crippen LogP) is 2.05. The van der Waals surface area contributed by atoms with Gasteiger partial charge in [-0.3, -0.25) is 25.2 Å². The summed E-state index contributed by atoms with van der Waals surface area (Å²) in [6.07, 6.45) is -0.839. The molecule has 0 aliphatic heterocycles. The zero-order valence-electron chi connectivity index (χ0n) is 17.6. The number of carbonyl (C=O) groups is 3. The summed E-state index contributed by atoms with van der Waals surface area (Å²) < 4.78 is 10.9. The molecule has 2 aromatic carbocycles. The summed E-state index contributed by atoms with van der Waals surface area (Å²) in [5, 5.41) is 2.51. The topological polar surface area (TPSA) is 106 Å². The van der Waals surface area contributed by atoms with Crippen molar-refractivity contribution in [3.8, 4) is 11.5 Å². The number of amides is 3. The van der Waals surface area contributed by atoms with Gasteiger partial charge in [0.15, 0.2) is 6.10 Å². The van der Waals surface area contributed by atoms with E-state index in [1.54, 1.807) is 43.3 Å². The zero-order valence-corrected chi connectivity index (χ0v) is 17.6. The normalized spacial score (nSPS) is 11.2. The number of aryl methyl sites for hydroxylation is 2. The number of hydrogen-bond acceptors (Lipinski definition) is 5. The number of nitrogens with one attached hydrogen (secondary N) is 3. The van der Waals surface area contributed by atoms with E-state index in [0.717, 1.165) is 11.1 Å². The molecule has 0 aromatic heterocycles. The Morgan fingerprint density at radius 2 is 1.60 bits per heavy atom. The molecule has 1 atom stereocenters. The van der Waals surface area contributed by atoms with Gasteiger partial charge in [0, 0.05) is 5.56 Å². The molecule has 0 aliphatic carbocycles. The van der Waals surface area contributed by atoms with Crippen LogP contribution in [-0.2, 0) is 9.59 Å². The number of ether oxygens (including phenoxy) is 2. The van der Waals surface area contributed by atoms with Crippen LogP contribution >= 0.6 is 0 Å². The van der Waals surface area contributed by atoms with E-state index < -0.39 is 17.9 Å². The van der Waals surface area contributed by atoms with Crippen LogP contribution < -0.4 is 25.6 Å². The Kier molecular flexibility index (Phi) is 8.22. The first kappa shape index (κ1) is 22.7. The lowest BCUT2D eigenvalue weighted by atomic mass is 10.1. The van der Waals surface area contributed by atoms with Gasteiger partial charge in [-0.15, -0.1) is 0 Å². The lowest BCUT2D eigenvalue weighted by molar-refractivity contribution is -0.132. The van der Waals surface area contributed by atoms with Crippen LogP contribution in [0.25, 0.3) is 0 Å². The largest absolute Gasteiger partial charge is 0.494 e. The number of hydrogen-bond donors (Lipinski definition) is 3. The van der Waals surface area contributed by atoms with Gasteiger partial charge in [-0.25, -0.2) is 0 Å². The van der Waals surface area contributed by atoms with Crippen LogP contribution in [0.2, 0.25) is 0 Å². The SMILES string of the molecule is CCOc1ccc(OC(C)C(=O)NNC(=O)CNC(=O)c2ccc(C)c(C)c2)cc1. The lowest BCUT2D eigenvalue weighted by Gasteiger charge is -2.15. The number of rotatable bonds is 8. The van der Waals surface area contributed by atoms with E-state index >= 15 is 0 Å². The smallest absolute Gasteiger partial charge is 0.279 e. The molecule has 8 heteroatoms. The Morgan fingerprint density at radius 3 is 2.23 bits per heavy atom. The van der Waals surface area contributed by atoms with Crippen LogP contribution in [0.1, 0.15) is 35.3 Å². The van der Waals surface area contributed by atoms with Crippen molar-refractivity contribution in [3.05, 3.63) is 59.2 Å². The molecule has 0 aliphatic rings. The second-order valence-corrected chi connectivity index (χ2v) is 6.68. The Morgan fingerprint density at radius 1 is 0.933 bits per heavy atom. The Bertz CT molecular complexity index is 896. The van der Waals surface area contributed by atoms with E-state index in [0.29, 0.717) is 23.7 Å². The molecule has 8 nitrogen and oxygen atoms in total. The van der Waals surface area contributed by atoms with Crippen LogP contribution in [0.5, 0.6) is 11.5 Å². The quantitative estimate of drug-likeness (QED) is 0.575. The molecular weight excluding hydrogens is 386 g/mol. The molecular formula is C22H27N3O5. The van der Waals surface area contributed by atoms with Gasteiger partial charge in [0.2, 0.25) is 0 Å².